The van der Waals surface area contributed by atoms with Crippen molar-refractivity contribution in [3.05, 3.63) is 11.6 Å². The maximum atomic E-state index is 11.2. The van der Waals surface area contributed by atoms with Crippen LogP contribution in [0.5, 0.6) is 0 Å². The fourth-order valence-corrected chi connectivity index (χ4v) is 2.33. The number of carbonyl (C=O) groups excluding carboxylic acids is 1. The maximum absolute atomic E-state index is 11.2. The molecule has 0 radical (unpaired) electrons. The molecule has 1 saturated heterocycles. The zero-order valence-corrected chi connectivity index (χ0v) is 10.8. The number of methoxy groups -OCH3 is 1. The van der Waals surface area contributed by atoms with Gasteiger partial charge in [-0.3, -0.25) is 4.90 Å². The Morgan fingerprint density at radius 3 is 2.81 bits per heavy atom. The predicted octanol–water partition coefficient (Wildman–Crippen LogP) is 2.23. The fraction of sp³-hybridized carbons (Fsp3) is 0.769. The molecule has 0 aliphatic carbocycles. The molecular weight excluding hydrogens is 202 g/mol. The van der Waals surface area contributed by atoms with E-state index in [1.54, 1.807) is 0 Å². The molecule has 3 heteroatoms. The van der Waals surface area contributed by atoms with E-state index < -0.39 is 0 Å². The second-order valence-electron chi connectivity index (χ2n) is 4.83. The van der Waals surface area contributed by atoms with Gasteiger partial charge in [-0.1, -0.05) is 19.9 Å². The molecule has 1 rings (SSSR count). The zero-order chi connectivity index (χ0) is 12.1. The second-order valence-corrected chi connectivity index (χ2v) is 4.83. The first-order valence-electron chi connectivity index (χ1n) is 6.05. The summed E-state index contributed by atoms with van der Waals surface area (Å²) in [5, 5.41) is 0. The van der Waals surface area contributed by atoms with Gasteiger partial charge in [0.25, 0.3) is 0 Å². The summed E-state index contributed by atoms with van der Waals surface area (Å²) in [7, 11) is 1.42. The van der Waals surface area contributed by atoms with Gasteiger partial charge < -0.3 is 4.74 Å². The Labute approximate surface area is 98.5 Å². The molecule has 1 unspecified atom stereocenters. The normalized spacial score (nSPS) is 22.8. The average Bonchev–Trinajstić information content (AvgIpc) is 2.72. The molecular formula is C13H23NO2. The molecule has 0 aromatic carbocycles. The summed E-state index contributed by atoms with van der Waals surface area (Å²) in [6, 6.07) is 0.668. The van der Waals surface area contributed by atoms with E-state index in [-0.39, 0.29) is 5.97 Å². The standard InChI is InChI=1S/C13H23NO2/c1-10(2)12-6-5-8-14(12)9-7-11(3)13(15)16-4/h7,10,12H,5-6,8-9H2,1-4H3. The lowest BCUT2D eigenvalue weighted by Gasteiger charge is -2.26. The molecule has 1 aliphatic heterocycles. The summed E-state index contributed by atoms with van der Waals surface area (Å²) in [5.41, 5.74) is 0.705. The Hall–Kier alpha value is -0.830. The third-order valence-electron chi connectivity index (χ3n) is 3.32. The summed E-state index contributed by atoms with van der Waals surface area (Å²) in [6.45, 7) is 8.35. The highest BCUT2D eigenvalue weighted by Gasteiger charge is 2.25. The number of esters is 1. The third kappa shape index (κ3) is 3.34. The maximum Gasteiger partial charge on any atom is 0.333 e. The number of hydrogen-bond donors (Lipinski definition) is 0. The van der Waals surface area contributed by atoms with Crippen molar-refractivity contribution < 1.29 is 9.53 Å². The van der Waals surface area contributed by atoms with Crippen molar-refractivity contribution in [2.24, 2.45) is 5.92 Å². The quantitative estimate of drug-likeness (QED) is 0.543. The molecule has 0 saturated carbocycles. The van der Waals surface area contributed by atoms with Crippen LogP contribution in [0.3, 0.4) is 0 Å². The second kappa shape index (κ2) is 6.04. The molecule has 0 amide bonds. The van der Waals surface area contributed by atoms with E-state index in [0.717, 1.165) is 13.1 Å². The minimum absolute atomic E-state index is 0.222. The monoisotopic (exact) mass is 225 g/mol. The van der Waals surface area contributed by atoms with E-state index in [2.05, 4.69) is 23.5 Å². The Morgan fingerprint density at radius 2 is 2.25 bits per heavy atom. The SMILES string of the molecule is COC(=O)C(C)=CCN1CCCC1C(C)C. The van der Waals surface area contributed by atoms with Crippen molar-refractivity contribution in [1.82, 2.24) is 4.90 Å². The first kappa shape index (κ1) is 13.2. The molecule has 3 nitrogen and oxygen atoms in total. The van der Waals surface area contributed by atoms with Crippen LogP contribution in [0, 0.1) is 5.92 Å². The minimum Gasteiger partial charge on any atom is -0.466 e. The van der Waals surface area contributed by atoms with Crippen molar-refractivity contribution in [3.8, 4) is 0 Å². The van der Waals surface area contributed by atoms with Gasteiger partial charge in [-0.05, 0) is 32.2 Å². The molecule has 0 spiro atoms. The van der Waals surface area contributed by atoms with Crippen LogP contribution in [0.25, 0.3) is 0 Å². The summed E-state index contributed by atoms with van der Waals surface area (Å²) >= 11 is 0. The molecule has 92 valence electrons. The van der Waals surface area contributed by atoms with Crippen molar-refractivity contribution in [2.75, 3.05) is 20.2 Å². The zero-order valence-electron chi connectivity index (χ0n) is 10.8. The highest BCUT2D eigenvalue weighted by molar-refractivity contribution is 5.87. The van der Waals surface area contributed by atoms with Gasteiger partial charge in [0.2, 0.25) is 0 Å². The van der Waals surface area contributed by atoms with E-state index in [1.165, 1.54) is 20.0 Å². The fourth-order valence-electron chi connectivity index (χ4n) is 2.33. The molecule has 0 N–H and O–H groups in total. The summed E-state index contributed by atoms with van der Waals surface area (Å²) in [5.74, 6) is 0.467. The van der Waals surface area contributed by atoms with Gasteiger partial charge in [0.05, 0.1) is 7.11 Å². The highest BCUT2D eigenvalue weighted by Crippen LogP contribution is 2.23. The number of nitrogens with zero attached hydrogens (tertiary/aromatic N) is 1. The summed E-state index contributed by atoms with van der Waals surface area (Å²) in [6.07, 6.45) is 4.53. The van der Waals surface area contributed by atoms with Gasteiger partial charge in [-0.25, -0.2) is 4.79 Å². The van der Waals surface area contributed by atoms with Gasteiger partial charge in [-0.15, -0.1) is 0 Å². The lowest BCUT2D eigenvalue weighted by atomic mass is 10.0. The first-order valence-corrected chi connectivity index (χ1v) is 6.05. The van der Waals surface area contributed by atoms with Crippen LogP contribution >= 0.6 is 0 Å². The Morgan fingerprint density at radius 1 is 1.56 bits per heavy atom. The minimum atomic E-state index is -0.222. The van der Waals surface area contributed by atoms with Crippen LogP contribution in [0.4, 0.5) is 0 Å². The Balaban J connectivity index is 2.51. The molecule has 1 heterocycles. The molecule has 0 bridgehead atoms. The lowest BCUT2D eigenvalue weighted by Crippen LogP contribution is -2.33. The molecule has 1 atom stereocenters. The van der Waals surface area contributed by atoms with Crippen LogP contribution in [-0.2, 0) is 9.53 Å². The van der Waals surface area contributed by atoms with E-state index >= 15 is 0 Å². The Bertz CT molecular complexity index is 271. The van der Waals surface area contributed by atoms with Crippen molar-refractivity contribution >= 4 is 5.97 Å². The number of likely N-dealkylation sites (tertiary alicyclic amines) is 1. The van der Waals surface area contributed by atoms with Crippen LogP contribution in [0.1, 0.15) is 33.6 Å². The van der Waals surface area contributed by atoms with Gasteiger partial charge in [0.1, 0.15) is 0 Å². The first-order chi connectivity index (χ1) is 7.56. The van der Waals surface area contributed by atoms with Crippen molar-refractivity contribution in [3.63, 3.8) is 0 Å². The van der Waals surface area contributed by atoms with Crippen LogP contribution in [0.15, 0.2) is 11.6 Å². The van der Waals surface area contributed by atoms with Crippen LogP contribution < -0.4 is 0 Å². The molecule has 1 aliphatic rings. The molecule has 0 aromatic heterocycles. The number of ether oxygens (including phenoxy) is 1. The van der Waals surface area contributed by atoms with E-state index in [0.29, 0.717) is 17.5 Å². The van der Waals surface area contributed by atoms with Crippen molar-refractivity contribution in [1.29, 1.82) is 0 Å². The molecule has 0 aromatic rings. The molecule has 16 heavy (non-hydrogen) atoms. The highest BCUT2D eigenvalue weighted by atomic mass is 16.5. The smallest absolute Gasteiger partial charge is 0.333 e. The summed E-state index contributed by atoms with van der Waals surface area (Å²) in [4.78, 5) is 13.7. The lowest BCUT2D eigenvalue weighted by molar-refractivity contribution is -0.136. The molecule has 1 fully saturated rings. The van der Waals surface area contributed by atoms with E-state index in [4.69, 9.17) is 0 Å². The third-order valence-corrected chi connectivity index (χ3v) is 3.32. The van der Waals surface area contributed by atoms with Crippen LogP contribution in [0.2, 0.25) is 0 Å². The van der Waals surface area contributed by atoms with Crippen molar-refractivity contribution in [2.45, 2.75) is 39.7 Å². The largest absolute Gasteiger partial charge is 0.466 e. The predicted molar refractivity (Wildman–Crippen MR) is 65.2 cm³/mol. The Kier molecular flexibility index (Phi) is 5.00. The van der Waals surface area contributed by atoms with E-state index in [9.17, 15) is 4.79 Å². The van der Waals surface area contributed by atoms with E-state index in [1.807, 2.05) is 13.0 Å². The topological polar surface area (TPSA) is 29.5 Å². The average molecular weight is 225 g/mol. The van der Waals surface area contributed by atoms with Gasteiger partial charge in [-0.2, -0.15) is 0 Å². The van der Waals surface area contributed by atoms with Gasteiger partial charge in [0.15, 0.2) is 0 Å². The number of rotatable bonds is 4. The van der Waals surface area contributed by atoms with Gasteiger partial charge >= 0.3 is 5.97 Å². The van der Waals surface area contributed by atoms with Crippen LogP contribution in [-0.4, -0.2) is 37.1 Å². The number of hydrogen-bond acceptors (Lipinski definition) is 3. The number of carbonyl (C=O) groups is 1. The summed E-state index contributed by atoms with van der Waals surface area (Å²) < 4.78 is 4.68. The van der Waals surface area contributed by atoms with Gasteiger partial charge in [0, 0.05) is 18.2 Å².